The fourth-order valence-electron chi connectivity index (χ4n) is 4.61. The van der Waals surface area contributed by atoms with Crippen LogP contribution < -0.4 is 21.1 Å². The zero-order valence-corrected chi connectivity index (χ0v) is 24.0. The largest absolute Gasteiger partial charge is 0.459 e. The summed E-state index contributed by atoms with van der Waals surface area (Å²) in [6.07, 6.45) is 2.15. The second-order valence-corrected chi connectivity index (χ2v) is 11.2. The van der Waals surface area contributed by atoms with Gasteiger partial charge in [0.1, 0.15) is 23.7 Å². The summed E-state index contributed by atoms with van der Waals surface area (Å²) in [7, 11) is -3.96. The maximum atomic E-state index is 13.7. The van der Waals surface area contributed by atoms with Crippen LogP contribution in [0.25, 0.3) is 21.9 Å². The number of nitrogens with two attached hydrogens (primary N) is 2. The first-order chi connectivity index (χ1) is 19.3. The van der Waals surface area contributed by atoms with E-state index < -0.39 is 19.7 Å². The molecule has 12 heteroatoms. The smallest absolute Gasteiger partial charge is 0.413 e. The number of anilines is 1. The zero-order valence-electron chi connectivity index (χ0n) is 23.1. The molecule has 11 nitrogen and oxygen atoms in total. The Bertz CT molecular complexity index is 1500. The van der Waals surface area contributed by atoms with Crippen LogP contribution in [0.3, 0.4) is 0 Å². The first-order valence-electron chi connectivity index (χ1n) is 13.4. The molecule has 4 aromatic rings. The molecule has 0 aliphatic rings. The van der Waals surface area contributed by atoms with Crippen LogP contribution in [0, 0.1) is 0 Å². The molecule has 5 N–H and O–H groups in total. The molecule has 0 spiro atoms. The number of ether oxygens (including phenoxy) is 1. The van der Waals surface area contributed by atoms with Crippen LogP contribution >= 0.6 is 7.75 Å². The summed E-state index contributed by atoms with van der Waals surface area (Å²) in [5, 5.41) is 3.58. The van der Waals surface area contributed by atoms with Crippen LogP contribution in [-0.4, -0.2) is 39.7 Å². The molecule has 0 saturated carbocycles. The van der Waals surface area contributed by atoms with Crippen molar-refractivity contribution in [1.29, 1.82) is 0 Å². The van der Waals surface area contributed by atoms with Crippen molar-refractivity contribution in [2.45, 2.75) is 58.7 Å². The number of primary amides is 1. The molecule has 2 heterocycles. The predicted molar refractivity (Wildman–Crippen MR) is 156 cm³/mol. The Hall–Kier alpha value is -3.50. The van der Waals surface area contributed by atoms with E-state index in [1.807, 2.05) is 37.3 Å². The Labute approximate surface area is 233 Å². The highest BCUT2D eigenvalue weighted by Gasteiger charge is 2.31. The topological polar surface area (TPSA) is 157 Å². The third kappa shape index (κ3) is 6.79. The van der Waals surface area contributed by atoms with E-state index in [1.54, 1.807) is 24.3 Å². The van der Waals surface area contributed by atoms with Gasteiger partial charge < -0.3 is 25.3 Å². The van der Waals surface area contributed by atoms with Crippen LogP contribution in [0.1, 0.15) is 51.9 Å². The number of benzene rings is 2. The highest BCUT2D eigenvalue weighted by molar-refractivity contribution is 7.52. The summed E-state index contributed by atoms with van der Waals surface area (Å²) in [5.41, 5.74) is 14.0. The number of nitrogen functional groups attached to an aromatic ring is 1. The number of aromatic nitrogens is 3. The fourth-order valence-corrected chi connectivity index (χ4v) is 6.14. The third-order valence-electron chi connectivity index (χ3n) is 6.51. The quantitative estimate of drug-likeness (QED) is 0.166. The lowest BCUT2D eigenvalue weighted by atomic mass is 10.1. The molecule has 4 rings (SSSR count). The van der Waals surface area contributed by atoms with Gasteiger partial charge in [-0.05, 0) is 44.9 Å². The summed E-state index contributed by atoms with van der Waals surface area (Å²) in [6.45, 7) is 6.44. The molecule has 40 heavy (non-hydrogen) atoms. The molecule has 0 fully saturated rings. The fraction of sp³-hybridized carbons (Fsp3) is 0.393. The molecule has 0 radical (unpaired) electrons. The molecule has 0 saturated heterocycles. The number of hydrogen-bond acceptors (Lipinski definition) is 8. The molecular formula is C28H37N6O5P. The number of carbonyl (C=O) groups excluding carboxylic acids is 1. The molecule has 0 aliphatic carbocycles. The number of nitrogens with one attached hydrogen (secondary N) is 1. The number of carbonyl (C=O) groups is 1. The monoisotopic (exact) mass is 568 g/mol. The minimum atomic E-state index is -3.96. The number of hydrogen-bond donors (Lipinski definition) is 3. The molecule has 0 aliphatic heterocycles. The molecule has 2 aromatic heterocycles. The third-order valence-corrected chi connectivity index (χ3v) is 8.19. The number of nitrogens with zero attached hydrogens (tertiary/aromatic N) is 3. The lowest BCUT2D eigenvalue weighted by Gasteiger charge is -2.25. The SMILES string of the molecule is CCC[C@@H](CCO[P@@](=O)(N[C@@H](C)C(N)=O)Oc1ccccc1)n1c(COCC)nc2c(N)nc3ccccc3c21. The van der Waals surface area contributed by atoms with E-state index in [2.05, 4.69) is 21.6 Å². The Morgan fingerprint density at radius 1 is 1.07 bits per heavy atom. The minimum Gasteiger partial charge on any atom is -0.413 e. The minimum absolute atomic E-state index is 0.0690. The van der Waals surface area contributed by atoms with Crippen molar-refractivity contribution >= 4 is 41.4 Å². The molecule has 214 valence electrons. The van der Waals surface area contributed by atoms with Crippen molar-refractivity contribution in [2.24, 2.45) is 5.73 Å². The first-order valence-corrected chi connectivity index (χ1v) is 15.0. The van der Waals surface area contributed by atoms with Gasteiger partial charge in [-0.3, -0.25) is 9.32 Å². The highest BCUT2D eigenvalue weighted by Crippen LogP contribution is 2.45. The van der Waals surface area contributed by atoms with E-state index in [4.69, 9.17) is 30.2 Å². The van der Waals surface area contributed by atoms with Crippen LogP contribution in [-0.2, 0) is 25.2 Å². The van der Waals surface area contributed by atoms with Gasteiger partial charge in [0.2, 0.25) is 5.91 Å². The van der Waals surface area contributed by atoms with Crippen molar-refractivity contribution in [1.82, 2.24) is 19.6 Å². The van der Waals surface area contributed by atoms with Crippen molar-refractivity contribution < 1.29 is 23.1 Å². The Morgan fingerprint density at radius 2 is 1.80 bits per heavy atom. The van der Waals surface area contributed by atoms with Crippen molar-refractivity contribution in [2.75, 3.05) is 18.9 Å². The lowest BCUT2D eigenvalue weighted by Crippen LogP contribution is -2.38. The van der Waals surface area contributed by atoms with Crippen molar-refractivity contribution in [3.63, 3.8) is 0 Å². The van der Waals surface area contributed by atoms with Crippen LogP contribution in [0.2, 0.25) is 0 Å². The van der Waals surface area contributed by atoms with E-state index in [1.165, 1.54) is 6.92 Å². The van der Waals surface area contributed by atoms with Crippen LogP contribution in [0.4, 0.5) is 5.82 Å². The number of fused-ring (bicyclic) bond motifs is 3. The maximum absolute atomic E-state index is 13.7. The molecule has 0 unspecified atom stereocenters. The van der Waals surface area contributed by atoms with Gasteiger partial charge in [0.25, 0.3) is 0 Å². The normalized spacial score (nSPS) is 14.7. The van der Waals surface area contributed by atoms with E-state index in [-0.39, 0.29) is 12.6 Å². The molecule has 0 bridgehead atoms. The zero-order chi connectivity index (χ0) is 28.7. The first kappa shape index (κ1) is 29.5. The number of rotatable bonds is 15. The Kier molecular flexibility index (Phi) is 9.76. The second kappa shape index (κ2) is 13.2. The Balaban J connectivity index is 1.68. The maximum Gasteiger partial charge on any atom is 0.459 e. The van der Waals surface area contributed by atoms with Gasteiger partial charge in [-0.25, -0.2) is 14.5 Å². The van der Waals surface area contributed by atoms with Gasteiger partial charge in [0, 0.05) is 18.0 Å². The Morgan fingerprint density at radius 3 is 2.50 bits per heavy atom. The summed E-state index contributed by atoms with van der Waals surface area (Å²) in [5.74, 6) is 0.744. The number of para-hydroxylation sites is 2. The van der Waals surface area contributed by atoms with Gasteiger partial charge in [-0.2, -0.15) is 5.09 Å². The second-order valence-electron chi connectivity index (χ2n) is 9.47. The summed E-state index contributed by atoms with van der Waals surface area (Å²) < 4.78 is 33.3. The molecule has 1 amide bonds. The summed E-state index contributed by atoms with van der Waals surface area (Å²) >= 11 is 0. The molecule has 3 atom stereocenters. The number of amides is 1. The van der Waals surface area contributed by atoms with Crippen molar-refractivity contribution in [3.8, 4) is 5.75 Å². The predicted octanol–water partition coefficient (Wildman–Crippen LogP) is 5.10. The summed E-state index contributed by atoms with van der Waals surface area (Å²) in [6, 6.07) is 15.4. The van der Waals surface area contributed by atoms with Gasteiger partial charge in [-0.15, -0.1) is 0 Å². The standard InChI is InChI=1S/C28H37N6O5P/c1-4-11-20(16-17-38-40(36,33-19(3)28(30)35)39-21-12-7-6-8-13-21)34-24(18-37-5-2)32-25-26(34)22-14-9-10-15-23(22)31-27(25)29/h6-10,12-15,19-20H,4-5,11,16-18H2,1-3H3,(H2,29,31)(H2,30,35)(H,33,36)/t19-,20-,40-/m0/s1. The molecular weight excluding hydrogens is 531 g/mol. The summed E-state index contributed by atoms with van der Waals surface area (Å²) in [4.78, 5) is 21.1. The average molecular weight is 569 g/mol. The number of imidazole rings is 1. The van der Waals surface area contributed by atoms with Gasteiger partial charge >= 0.3 is 7.75 Å². The van der Waals surface area contributed by atoms with Gasteiger partial charge in [-0.1, -0.05) is 49.7 Å². The van der Waals surface area contributed by atoms with E-state index >= 15 is 0 Å². The van der Waals surface area contributed by atoms with Crippen LogP contribution in [0.15, 0.2) is 54.6 Å². The molecule has 2 aromatic carbocycles. The van der Waals surface area contributed by atoms with E-state index in [9.17, 15) is 9.36 Å². The lowest BCUT2D eigenvalue weighted by molar-refractivity contribution is -0.119. The van der Waals surface area contributed by atoms with Gasteiger partial charge in [0.15, 0.2) is 5.82 Å². The number of pyridine rings is 1. The van der Waals surface area contributed by atoms with Gasteiger partial charge in [0.05, 0.1) is 23.7 Å². The van der Waals surface area contributed by atoms with Crippen LogP contribution in [0.5, 0.6) is 5.75 Å². The van der Waals surface area contributed by atoms with Crippen molar-refractivity contribution in [3.05, 3.63) is 60.4 Å². The van der Waals surface area contributed by atoms with E-state index in [0.29, 0.717) is 36.7 Å². The van der Waals surface area contributed by atoms with E-state index in [0.717, 1.165) is 35.1 Å². The average Bonchev–Trinajstić information content (AvgIpc) is 3.32. The highest BCUT2D eigenvalue weighted by atomic mass is 31.2.